The summed E-state index contributed by atoms with van der Waals surface area (Å²) in [5, 5.41) is 9.34. The van der Waals surface area contributed by atoms with Crippen LogP contribution < -0.4 is 4.90 Å². The number of para-hydroxylation sites is 1. The lowest BCUT2D eigenvalue weighted by atomic mass is 10.1. The zero-order valence-corrected chi connectivity index (χ0v) is 20.0. The molecule has 0 radical (unpaired) electrons. The number of rotatable bonds is 8. The number of halogens is 1. The Morgan fingerprint density at radius 1 is 0.970 bits per heavy atom. The molecule has 2 aliphatic rings. The molecule has 33 heavy (non-hydrogen) atoms. The second kappa shape index (κ2) is 10.1. The number of fused-ring (bicyclic) bond motifs is 1. The van der Waals surface area contributed by atoms with Crippen LogP contribution in [0.1, 0.15) is 36.8 Å². The Kier molecular flexibility index (Phi) is 7.17. The van der Waals surface area contributed by atoms with Gasteiger partial charge in [0.2, 0.25) is 0 Å². The van der Waals surface area contributed by atoms with Crippen molar-refractivity contribution in [1.29, 1.82) is 0 Å². The van der Waals surface area contributed by atoms with Crippen LogP contribution in [0.4, 0.5) is 5.69 Å². The highest BCUT2D eigenvalue weighted by Gasteiger charge is 2.41. The molecular formula is C24H21ClN2O4S2. The number of hydrogen-bond donors (Lipinski definition) is 1. The third-order valence-corrected chi connectivity index (χ3v) is 7.38. The highest BCUT2D eigenvalue weighted by Crippen LogP contribution is 2.45. The highest BCUT2D eigenvalue weighted by atomic mass is 35.5. The molecule has 0 saturated carbocycles. The standard InChI is InChI=1S/C24H21ClN2O4S2/c25-17-10-5-3-8-15(17)14-27-18-11-6-4-9-16(18)20(22(27)30)21-23(31)26(24(32)33-21)13-7-1-2-12-19(28)29/h3-6,8-11H,1-2,7,12-14H2,(H,28,29). The molecule has 0 unspecified atom stereocenters. The number of carboxylic acids is 1. The fourth-order valence-electron chi connectivity index (χ4n) is 3.92. The van der Waals surface area contributed by atoms with E-state index in [1.165, 1.54) is 4.90 Å². The van der Waals surface area contributed by atoms with E-state index in [0.29, 0.717) is 57.7 Å². The first-order chi connectivity index (χ1) is 15.9. The Balaban J connectivity index is 1.59. The summed E-state index contributed by atoms with van der Waals surface area (Å²) in [6, 6.07) is 14.8. The maximum atomic E-state index is 13.5. The Morgan fingerprint density at radius 3 is 2.45 bits per heavy atom. The van der Waals surface area contributed by atoms with E-state index in [4.69, 9.17) is 28.9 Å². The van der Waals surface area contributed by atoms with Crippen molar-refractivity contribution >= 4 is 68.9 Å². The van der Waals surface area contributed by atoms with Gasteiger partial charge in [-0.3, -0.25) is 19.3 Å². The van der Waals surface area contributed by atoms with Crippen molar-refractivity contribution in [2.75, 3.05) is 11.4 Å². The fraction of sp³-hybridized carbons (Fsp3) is 0.250. The molecule has 9 heteroatoms. The molecule has 0 spiro atoms. The number of hydrogen-bond acceptors (Lipinski definition) is 5. The average molecular weight is 501 g/mol. The van der Waals surface area contributed by atoms with Crippen molar-refractivity contribution in [1.82, 2.24) is 4.90 Å². The largest absolute Gasteiger partial charge is 0.481 e. The molecule has 170 valence electrons. The highest BCUT2D eigenvalue weighted by molar-refractivity contribution is 8.26. The zero-order valence-electron chi connectivity index (χ0n) is 17.6. The Hall–Kier alpha value is -2.68. The molecule has 2 aromatic rings. The van der Waals surface area contributed by atoms with Crippen LogP contribution in [0.25, 0.3) is 5.57 Å². The Bertz CT molecular complexity index is 1180. The van der Waals surface area contributed by atoms with Gasteiger partial charge in [0.05, 0.1) is 22.7 Å². The van der Waals surface area contributed by atoms with E-state index < -0.39 is 5.97 Å². The fourth-order valence-corrected chi connectivity index (χ4v) is 5.49. The molecule has 2 amide bonds. The zero-order chi connectivity index (χ0) is 23.5. The number of unbranched alkanes of at least 4 members (excludes halogenated alkanes) is 2. The van der Waals surface area contributed by atoms with Gasteiger partial charge in [-0.05, 0) is 30.5 Å². The number of carboxylic acid groups (broad SMARTS) is 1. The topological polar surface area (TPSA) is 77.9 Å². The van der Waals surface area contributed by atoms with Crippen molar-refractivity contribution in [3.05, 3.63) is 69.6 Å². The quantitative estimate of drug-likeness (QED) is 0.308. The summed E-state index contributed by atoms with van der Waals surface area (Å²) in [4.78, 5) is 40.9. The lowest BCUT2D eigenvalue weighted by Gasteiger charge is -2.18. The van der Waals surface area contributed by atoms with Crippen molar-refractivity contribution in [3.8, 4) is 0 Å². The van der Waals surface area contributed by atoms with Gasteiger partial charge in [-0.15, -0.1) is 0 Å². The average Bonchev–Trinajstić information content (AvgIpc) is 3.22. The van der Waals surface area contributed by atoms with Crippen LogP contribution in [0.2, 0.25) is 5.02 Å². The second-order valence-electron chi connectivity index (χ2n) is 7.73. The lowest BCUT2D eigenvalue weighted by Crippen LogP contribution is -2.30. The van der Waals surface area contributed by atoms with Crippen LogP contribution in [0.3, 0.4) is 0 Å². The Morgan fingerprint density at radius 2 is 1.70 bits per heavy atom. The van der Waals surface area contributed by atoms with Gasteiger partial charge in [0.15, 0.2) is 0 Å². The number of amides is 2. The summed E-state index contributed by atoms with van der Waals surface area (Å²) in [6.45, 7) is 0.698. The maximum Gasteiger partial charge on any atom is 0.303 e. The molecule has 6 nitrogen and oxygen atoms in total. The number of thiocarbonyl (C=S) groups is 1. The van der Waals surface area contributed by atoms with E-state index >= 15 is 0 Å². The SMILES string of the molecule is O=C(O)CCCCCN1C(=O)C(=C2C(=O)N(Cc3ccccc3Cl)c3ccccc32)SC1=S. The monoisotopic (exact) mass is 500 g/mol. The van der Waals surface area contributed by atoms with Crippen molar-refractivity contribution in [2.45, 2.75) is 32.2 Å². The van der Waals surface area contributed by atoms with Crippen molar-refractivity contribution < 1.29 is 19.5 Å². The predicted octanol–water partition coefficient (Wildman–Crippen LogP) is 5.10. The van der Waals surface area contributed by atoms with Crippen LogP contribution in [-0.4, -0.2) is 38.7 Å². The minimum absolute atomic E-state index is 0.106. The van der Waals surface area contributed by atoms with Crippen LogP contribution >= 0.6 is 35.6 Å². The van der Waals surface area contributed by atoms with E-state index in [-0.39, 0.29) is 18.2 Å². The number of benzene rings is 2. The molecule has 2 aliphatic heterocycles. The summed E-state index contributed by atoms with van der Waals surface area (Å²) < 4.78 is 0.413. The molecule has 1 fully saturated rings. The maximum absolute atomic E-state index is 13.5. The van der Waals surface area contributed by atoms with Gasteiger partial charge in [0.25, 0.3) is 11.8 Å². The van der Waals surface area contributed by atoms with Gasteiger partial charge >= 0.3 is 5.97 Å². The summed E-state index contributed by atoms with van der Waals surface area (Å²) in [5.74, 6) is -1.36. The molecule has 2 heterocycles. The van der Waals surface area contributed by atoms with E-state index in [0.717, 1.165) is 23.0 Å². The molecule has 1 saturated heterocycles. The number of aliphatic carboxylic acids is 1. The molecular weight excluding hydrogens is 480 g/mol. The third-order valence-electron chi connectivity index (χ3n) is 5.56. The van der Waals surface area contributed by atoms with Crippen LogP contribution in [-0.2, 0) is 20.9 Å². The van der Waals surface area contributed by atoms with Gasteiger partial charge < -0.3 is 10.0 Å². The minimum atomic E-state index is -0.829. The van der Waals surface area contributed by atoms with Crippen molar-refractivity contribution in [2.24, 2.45) is 0 Å². The first kappa shape index (κ1) is 23.5. The van der Waals surface area contributed by atoms with Gasteiger partial charge in [-0.2, -0.15) is 0 Å². The van der Waals surface area contributed by atoms with E-state index in [9.17, 15) is 14.4 Å². The van der Waals surface area contributed by atoms with E-state index in [1.54, 1.807) is 11.0 Å². The van der Waals surface area contributed by atoms with Crippen LogP contribution in [0.5, 0.6) is 0 Å². The van der Waals surface area contributed by atoms with Gasteiger partial charge in [-0.25, -0.2) is 0 Å². The van der Waals surface area contributed by atoms with Gasteiger partial charge in [0.1, 0.15) is 4.32 Å². The Labute approximate surface area is 206 Å². The molecule has 4 rings (SSSR count). The molecule has 0 bridgehead atoms. The number of carbonyl (C=O) groups is 3. The van der Waals surface area contributed by atoms with E-state index in [2.05, 4.69) is 0 Å². The minimum Gasteiger partial charge on any atom is -0.481 e. The normalized spacial score (nSPS) is 17.8. The molecule has 0 aliphatic carbocycles. The summed E-state index contributed by atoms with van der Waals surface area (Å²) >= 11 is 12.9. The molecule has 0 aromatic heterocycles. The second-order valence-corrected chi connectivity index (χ2v) is 9.78. The molecule has 2 aromatic carbocycles. The number of nitrogens with zero attached hydrogens (tertiary/aromatic N) is 2. The first-order valence-electron chi connectivity index (χ1n) is 10.5. The predicted molar refractivity (Wildman–Crippen MR) is 134 cm³/mol. The number of anilines is 1. The lowest BCUT2D eigenvalue weighted by molar-refractivity contribution is -0.137. The smallest absolute Gasteiger partial charge is 0.303 e. The van der Waals surface area contributed by atoms with Gasteiger partial charge in [-0.1, -0.05) is 78.4 Å². The third kappa shape index (κ3) is 4.83. The van der Waals surface area contributed by atoms with Crippen LogP contribution in [0, 0.1) is 0 Å². The number of thioether (sulfide) groups is 1. The summed E-state index contributed by atoms with van der Waals surface area (Å²) in [7, 11) is 0. The summed E-state index contributed by atoms with van der Waals surface area (Å²) in [6.07, 6.45) is 1.98. The van der Waals surface area contributed by atoms with Crippen LogP contribution in [0.15, 0.2) is 53.4 Å². The first-order valence-corrected chi connectivity index (χ1v) is 12.1. The number of carbonyl (C=O) groups excluding carboxylic acids is 2. The van der Waals surface area contributed by atoms with Crippen molar-refractivity contribution in [3.63, 3.8) is 0 Å². The van der Waals surface area contributed by atoms with E-state index in [1.807, 2.05) is 42.5 Å². The summed E-state index contributed by atoms with van der Waals surface area (Å²) in [5.41, 5.74) is 2.62. The molecule has 1 N–H and O–H groups in total. The molecule has 0 atom stereocenters. The van der Waals surface area contributed by atoms with Gasteiger partial charge in [0, 0.05) is 23.6 Å².